The van der Waals surface area contributed by atoms with Crippen LogP contribution in [0.3, 0.4) is 0 Å². The van der Waals surface area contributed by atoms with Crippen molar-refractivity contribution in [3.05, 3.63) is 77.9 Å². The average molecular weight is 429 g/mol. The lowest BCUT2D eigenvalue weighted by Crippen LogP contribution is -2.15. The van der Waals surface area contributed by atoms with E-state index in [1.807, 2.05) is 60.7 Å². The Hall–Kier alpha value is -4.02. The zero-order chi connectivity index (χ0) is 21.6. The Morgan fingerprint density at radius 2 is 1.81 bits per heavy atom. The molecule has 7 heteroatoms. The lowest BCUT2D eigenvalue weighted by Gasteiger charge is -2.11. The number of nitrogens with zero attached hydrogens (tertiary/aromatic N) is 1. The van der Waals surface area contributed by atoms with Crippen LogP contribution in [0.15, 0.2) is 66.7 Å². The Morgan fingerprint density at radius 3 is 2.61 bits per heavy atom. The molecule has 154 valence electrons. The van der Waals surface area contributed by atoms with Gasteiger partial charge in [0.15, 0.2) is 5.13 Å². The molecule has 1 amide bonds. The van der Waals surface area contributed by atoms with Gasteiger partial charge in [0.05, 0.1) is 29.0 Å². The third-order valence-electron chi connectivity index (χ3n) is 4.50. The van der Waals surface area contributed by atoms with Gasteiger partial charge in [-0.15, -0.1) is 0 Å². The summed E-state index contributed by atoms with van der Waals surface area (Å²) in [5.74, 6) is 6.05. The van der Waals surface area contributed by atoms with Crippen molar-refractivity contribution >= 4 is 44.0 Å². The zero-order valence-corrected chi connectivity index (χ0v) is 17.4. The Balaban J connectivity index is 1.40. The number of benzene rings is 3. The molecule has 0 atom stereocenters. The van der Waals surface area contributed by atoms with E-state index in [0.717, 1.165) is 16.0 Å². The van der Waals surface area contributed by atoms with Crippen molar-refractivity contribution in [2.45, 2.75) is 6.42 Å². The number of hydrogen-bond donors (Lipinski definition) is 4. The maximum Gasteiger partial charge on any atom is 0.228 e. The summed E-state index contributed by atoms with van der Waals surface area (Å²) >= 11 is 1.31. The molecular weight excluding hydrogens is 408 g/mol. The normalized spacial score (nSPS) is 10.3. The van der Waals surface area contributed by atoms with Crippen LogP contribution in [0.4, 0.5) is 16.5 Å². The number of amides is 1. The molecule has 4 rings (SSSR count). The minimum absolute atomic E-state index is 0.0641. The van der Waals surface area contributed by atoms with Crippen molar-refractivity contribution in [1.29, 1.82) is 0 Å². The molecule has 0 saturated carbocycles. The van der Waals surface area contributed by atoms with Crippen LogP contribution in [-0.4, -0.2) is 22.5 Å². The summed E-state index contributed by atoms with van der Waals surface area (Å²) in [7, 11) is 0. The Kier molecular flexibility index (Phi) is 6.01. The van der Waals surface area contributed by atoms with Gasteiger partial charge in [-0.05, 0) is 29.8 Å². The molecule has 0 radical (unpaired) electrons. The number of phenols is 1. The quantitative estimate of drug-likeness (QED) is 0.357. The summed E-state index contributed by atoms with van der Waals surface area (Å²) in [5, 5.41) is 16.7. The van der Waals surface area contributed by atoms with E-state index in [2.05, 4.69) is 27.5 Å². The third-order valence-corrected chi connectivity index (χ3v) is 5.33. The molecule has 1 heterocycles. The fraction of sp³-hybridized carbons (Fsp3) is 0.0833. The van der Waals surface area contributed by atoms with Crippen LogP contribution in [-0.2, 0) is 11.2 Å². The second kappa shape index (κ2) is 9.20. The van der Waals surface area contributed by atoms with Crippen molar-refractivity contribution in [3.8, 4) is 17.6 Å². The van der Waals surface area contributed by atoms with Crippen molar-refractivity contribution < 1.29 is 9.90 Å². The number of nitrogens with one attached hydrogen (secondary N) is 2. The number of carbonyl (C=O) groups excluding carboxylic acids is 1. The molecule has 31 heavy (non-hydrogen) atoms. The summed E-state index contributed by atoms with van der Waals surface area (Å²) in [5.41, 5.74) is 9.32. The first-order valence-corrected chi connectivity index (χ1v) is 10.4. The number of carbonyl (C=O) groups is 1. The van der Waals surface area contributed by atoms with E-state index in [0.29, 0.717) is 34.9 Å². The van der Waals surface area contributed by atoms with Gasteiger partial charge in [-0.2, -0.15) is 0 Å². The van der Waals surface area contributed by atoms with Crippen molar-refractivity contribution in [2.75, 3.05) is 22.9 Å². The smallest absolute Gasteiger partial charge is 0.228 e. The maximum atomic E-state index is 12.4. The monoisotopic (exact) mass is 428 g/mol. The van der Waals surface area contributed by atoms with E-state index in [4.69, 9.17) is 5.73 Å². The molecule has 0 bridgehead atoms. The summed E-state index contributed by atoms with van der Waals surface area (Å²) in [6, 6.07) is 20.5. The van der Waals surface area contributed by atoms with Crippen LogP contribution in [0, 0.1) is 11.8 Å². The number of hydrogen-bond acceptors (Lipinski definition) is 6. The number of fused-ring (bicyclic) bond motifs is 1. The molecule has 0 aliphatic carbocycles. The van der Waals surface area contributed by atoms with Crippen LogP contribution in [0.25, 0.3) is 10.2 Å². The minimum atomic E-state index is -0.0841. The standard InChI is InChI=1S/C24H20N4O2S/c25-24-28-23-20(29)13-17(14-21(23)31-24)9-6-12-26-18-10-4-5-11-19(18)27-22(30)15-16-7-2-1-3-8-16/h1-5,7-8,10-11,13-14,26,29H,12,15H2,(H2,25,28)(H,27,30). The molecule has 4 aromatic rings. The van der Waals surface area contributed by atoms with Gasteiger partial charge < -0.3 is 21.5 Å². The largest absolute Gasteiger partial charge is 0.506 e. The van der Waals surface area contributed by atoms with Gasteiger partial charge in [0, 0.05) is 5.56 Å². The van der Waals surface area contributed by atoms with E-state index >= 15 is 0 Å². The second-order valence-corrected chi connectivity index (χ2v) is 7.87. The third kappa shape index (κ3) is 5.13. The predicted octanol–water partition coefficient (Wildman–Crippen LogP) is 4.23. The Labute approximate surface area is 183 Å². The zero-order valence-electron chi connectivity index (χ0n) is 16.6. The van der Waals surface area contributed by atoms with E-state index in [-0.39, 0.29) is 11.7 Å². The minimum Gasteiger partial charge on any atom is -0.506 e. The second-order valence-electron chi connectivity index (χ2n) is 6.81. The highest BCUT2D eigenvalue weighted by molar-refractivity contribution is 7.22. The predicted molar refractivity (Wildman–Crippen MR) is 126 cm³/mol. The number of rotatable bonds is 5. The number of anilines is 3. The molecule has 0 saturated heterocycles. The first kappa shape index (κ1) is 20.3. The Bertz CT molecular complexity index is 1290. The number of phenolic OH excluding ortho intramolecular Hbond substituents is 1. The Morgan fingerprint density at radius 1 is 1.06 bits per heavy atom. The molecular formula is C24H20N4O2S. The lowest BCUT2D eigenvalue weighted by atomic mass is 10.1. The first-order chi connectivity index (χ1) is 15.1. The van der Waals surface area contributed by atoms with Gasteiger partial charge in [-0.25, -0.2) is 4.98 Å². The molecule has 0 spiro atoms. The molecule has 6 nitrogen and oxygen atoms in total. The molecule has 0 fully saturated rings. The van der Waals surface area contributed by atoms with E-state index in [1.54, 1.807) is 6.07 Å². The van der Waals surface area contributed by atoms with Crippen molar-refractivity contribution in [1.82, 2.24) is 4.98 Å². The van der Waals surface area contributed by atoms with Crippen LogP contribution in [0.2, 0.25) is 0 Å². The molecule has 0 aliphatic rings. The van der Waals surface area contributed by atoms with Gasteiger partial charge in [0.25, 0.3) is 0 Å². The highest BCUT2D eigenvalue weighted by Crippen LogP contribution is 2.31. The fourth-order valence-electron chi connectivity index (χ4n) is 3.11. The van der Waals surface area contributed by atoms with Crippen LogP contribution < -0.4 is 16.4 Å². The molecule has 5 N–H and O–H groups in total. The lowest BCUT2D eigenvalue weighted by molar-refractivity contribution is -0.115. The van der Waals surface area contributed by atoms with Crippen LogP contribution in [0.1, 0.15) is 11.1 Å². The maximum absolute atomic E-state index is 12.4. The highest BCUT2D eigenvalue weighted by Gasteiger charge is 2.08. The van der Waals surface area contributed by atoms with Gasteiger partial charge in [-0.3, -0.25) is 4.79 Å². The van der Waals surface area contributed by atoms with Gasteiger partial charge in [0.1, 0.15) is 11.3 Å². The van der Waals surface area contributed by atoms with Gasteiger partial charge in [-0.1, -0.05) is 65.6 Å². The number of aromatic hydroxyl groups is 1. The molecule has 0 unspecified atom stereocenters. The van der Waals surface area contributed by atoms with Crippen molar-refractivity contribution in [2.24, 2.45) is 0 Å². The van der Waals surface area contributed by atoms with Crippen LogP contribution >= 0.6 is 11.3 Å². The summed E-state index contributed by atoms with van der Waals surface area (Å²) in [4.78, 5) is 16.5. The van der Waals surface area contributed by atoms with E-state index in [1.165, 1.54) is 11.3 Å². The van der Waals surface area contributed by atoms with E-state index < -0.39 is 0 Å². The number of thiazole rings is 1. The van der Waals surface area contributed by atoms with Crippen LogP contribution in [0.5, 0.6) is 5.75 Å². The number of nitrogens with two attached hydrogens (primary N) is 1. The topological polar surface area (TPSA) is 100 Å². The average Bonchev–Trinajstić information content (AvgIpc) is 3.14. The number of para-hydroxylation sites is 2. The fourth-order valence-corrected chi connectivity index (χ4v) is 3.90. The SMILES string of the molecule is Nc1nc2c(O)cc(C#CCNc3ccccc3NC(=O)Cc3ccccc3)cc2s1. The molecule has 0 aliphatic heterocycles. The van der Waals surface area contributed by atoms with Gasteiger partial charge in [0.2, 0.25) is 5.91 Å². The summed E-state index contributed by atoms with van der Waals surface area (Å²) in [6.45, 7) is 0.370. The van der Waals surface area contributed by atoms with E-state index in [9.17, 15) is 9.90 Å². The first-order valence-electron chi connectivity index (χ1n) is 9.63. The summed E-state index contributed by atoms with van der Waals surface area (Å²) < 4.78 is 0.793. The summed E-state index contributed by atoms with van der Waals surface area (Å²) in [6.07, 6.45) is 0.309. The number of nitrogen functional groups attached to an aromatic ring is 1. The van der Waals surface area contributed by atoms with Gasteiger partial charge >= 0.3 is 0 Å². The number of aromatic nitrogens is 1. The van der Waals surface area contributed by atoms with Crippen molar-refractivity contribution in [3.63, 3.8) is 0 Å². The highest BCUT2D eigenvalue weighted by atomic mass is 32.1. The molecule has 3 aromatic carbocycles. The molecule has 1 aromatic heterocycles.